The quantitative estimate of drug-likeness (QED) is 0.427. The van der Waals surface area contributed by atoms with Crippen molar-refractivity contribution in [1.29, 1.82) is 0 Å². The minimum atomic E-state index is -0.229. The largest absolute Gasteiger partial charge is 0.461 e. The predicted octanol–water partition coefficient (Wildman–Crippen LogP) is 4.86. The third kappa shape index (κ3) is 4.17. The van der Waals surface area contributed by atoms with E-state index in [0.29, 0.717) is 24.3 Å². The molecule has 2 heterocycles. The number of ketones is 1. The van der Waals surface area contributed by atoms with Gasteiger partial charge in [0, 0.05) is 30.0 Å². The summed E-state index contributed by atoms with van der Waals surface area (Å²) in [5, 5.41) is 3.27. The standard InChI is InChI=1S/C24H20N2O4/c27-23(21-12-6-16-29-21)19-10-4-5-11-20(19)25-14-15-26(18-8-2-1-3-9-18)24(28)22-13-7-17-30-22/h1-13,16-17,25H,14-15H2. The maximum absolute atomic E-state index is 12.9. The van der Waals surface area contributed by atoms with Gasteiger partial charge in [0.1, 0.15) is 0 Å². The van der Waals surface area contributed by atoms with E-state index in [4.69, 9.17) is 8.83 Å². The second-order valence-electron chi connectivity index (χ2n) is 6.55. The zero-order valence-electron chi connectivity index (χ0n) is 16.2. The Morgan fingerprint density at radius 2 is 1.43 bits per heavy atom. The normalized spacial score (nSPS) is 10.5. The summed E-state index contributed by atoms with van der Waals surface area (Å²) >= 11 is 0. The average molecular weight is 400 g/mol. The van der Waals surface area contributed by atoms with Gasteiger partial charge < -0.3 is 19.1 Å². The summed E-state index contributed by atoms with van der Waals surface area (Å²) in [4.78, 5) is 27.3. The van der Waals surface area contributed by atoms with Crippen molar-refractivity contribution in [3.05, 3.63) is 108 Å². The van der Waals surface area contributed by atoms with E-state index in [1.807, 2.05) is 42.5 Å². The van der Waals surface area contributed by atoms with Crippen molar-refractivity contribution < 1.29 is 18.4 Å². The van der Waals surface area contributed by atoms with Gasteiger partial charge in [-0.25, -0.2) is 0 Å². The fourth-order valence-electron chi connectivity index (χ4n) is 3.17. The lowest BCUT2D eigenvalue weighted by molar-refractivity contribution is 0.0960. The average Bonchev–Trinajstić information content (AvgIpc) is 3.51. The van der Waals surface area contributed by atoms with Crippen LogP contribution < -0.4 is 10.2 Å². The SMILES string of the molecule is O=C(c1ccco1)c1ccccc1NCCN(C(=O)c1ccco1)c1ccccc1. The molecule has 1 amide bonds. The molecule has 6 heteroatoms. The minimum Gasteiger partial charge on any atom is -0.461 e. The monoisotopic (exact) mass is 400 g/mol. The molecule has 2 aromatic heterocycles. The van der Waals surface area contributed by atoms with Crippen molar-refractivity contribution in [2.24, 2.45) is 0 Å². The molecule has 0 aliphatic rings. The van der Waals surface area contributed by atoms with Crippen molar-refractivity contribution in [2.75, 3.05) is 23.3 Å². The number of para-hydroxylation sites is 2. The van der Waals surface area contributed by atoms with Gasteiger partial charge in [-0.15, -0.1) is 0 Å². The van der Waals surface area contributed by atoms with Gasteiger partial charge in [-0.05, 0) is 48.5 Å². The molecule has 2 aromatic carbocycles. The highest BCUT2D eigenvalue weighted by molar-refractivity contribution is 6.10. The molecular weight excluding hydrogens is 380 g/mol. The van der Waals surface area contributed by atoms with E-state index < -0.39 is 0 Å². The van der Waals surface area contributed by atoms with E-state index >= 15 is 0 Å². The third-order valence-electron chi connectivity index (χ3n) is 4.61. The highest BCUT2D eigenvalue weighted by Gasteiger charge is 2.20. The summed E-state index contributed by atoms with van der Waals surface area (Å²) < 4.78 is 10.5. The summed E-state index contributed by atoms with van der Waals surface area (Å²) in [5.41, 5.74) is 1.95. The van der Waals surface area contributed by atoms with Crippen LogP contribution in [0.3, 0.4) is 0 Å². The lowest BCUT2D eigenvalue weighted by atomic mass is 10.1. The van der Waals surface area contributed by atoms with Gasteiger partial charge in [0.25, 0.3) is 5.91 Å². The number of anilines is 2. The Morgan fingerprint density at radius 3 is 2.13 bits per heavy atom. The molecular formula is C24H20N2O4. The fourth-order valence-corrected chi connectivity index (χ4v) is 3.17. The number of nitrogens with zero attached hydrogens (tertiary/aromatic N) is 1. The number of nitrogens with one attached hydrogen (secondary N) is 1. The van der Waals surface area contributed by atoms with Gasteiger partial charge >= 0.3 is 0 Å². The molecule has 0 atom stereocenters. The van der Waals surface area contributed by atoms with E-state index in [-0.39, 0.29) is 23.2 Å². The van der Waals surface area contributed by atoms with Crippen LogP contribution in [-0.4, -0.2) is 24.8 Å². The maximum Gasteiger partial charge on any atom is 0.294 e. The summed E-state index contributed by atoms with van der Waals surface area (Å²) in [6.45, 7) is 0.816. The molecule has 0 aliphatic carbocycles. The molecule has 30 heavy (non-hydrogen) atoms. The van der Waals surface area contributed by atoms with Crippen LogP contribution in [0.2, 0.25) is 0 Å². The minimum absolute atomic E-state index is 0.199. The zero-order chi connectivity index (χ0) is 20.8. The van der Waals surface area contributed by atoms with Crippen molar-refractivity contribution in [2.45, 2.75) is 0 Å². The number of carbonyl (C=O) groups excluding carboxylic acids is 2. The van der Waals surface area contributed by atoms with Gasteiger partial charge in [0.2, 0.25) is 5.78 Å². The van der Waals surface area contributed by atoms with Crippen molar-refractivity contribution in [1.82, 2.24) is 0 Å². The van der Waals surface area contributed by atoms with E-state index in [1.165, 1.54) is 12.5 Å². The molecule has 0 bridgehead atoms. The molecule has 0 saturated carbocycles. The van der Waals surface area contributed by atoms with E-state index in [0.717, 1.165) is 5.69 Å². The van der Waals surface area contributed by atoms with E-state index in [2.05, 4.69) is 5.32 Å². The topological polar surface area (TPSA) is 75.7 Å². The Balaban J connectivity index is 1.50. The maximum atomic E-state index is 12.9. The number of amides is 1. The third-order valence-corrected chi connectivity index (χ3v) is 4.61. The van der Waals surface area contributed by atoms with E-state index in [9.17, 15) is 9.59 Å². The molecule has 150 valence electrons. The van der Waals surface area contributed by atoms with Crippen LogP contribution >= 0.6 is 0 Å². The Hall–Kier alpha value is -4.06. The molecule has 0 spiro atoms. The number of rotatable bonds is 8. The first kappa shape index (κ1) is 19.3. The van der Waals surface area contributed by atoms with Crippen LogP contribution in [0.4, 0.5) is 11.4 Å². The number of benzene rings is 2. The number of hydrogen-bond donors (Lipinski definition) is 1. The first-order valence-electron chi connectivity index (χ1n) is 9.55. The molecule has 4 rings (SSSR count). The Labute approximate surface area is 173 Å². The number of carbonyl (C=O) groups is 2. The highest BCUT2D eigenvalue weighted by atomic mass is 16.3. The molecule has 0 saturated heterocycles. The van der Waals surface area contributed by atoms with Gasteiger partial charge in [-0.1, -0.05) is 30.3 Å². The van der Waals surface area contributed by atoms with Crippen LogP contribution in [0.5, 0.6) is 0 Å². The second kappa shape index (κ2) is 8.96. The Kier molecular flexibility index (Phi) is 5.75. The van der Waals surface area contributed by atoms with Gasteiger partial charge in [0.05, 0.1) is 12.5 Å². The molecule has 4 aromatic rings. The first-order chi connectivity index (χ1) is 14.7. The van der Waals surface area contributed by atoms with Crippen LogP contribution in [0, 0.1) is 0 Å². The first-order valence-corrected chi connectivity index (χ1v) is 9.55. The summed E-state index contributed by atoms with van der Waals surface area (Å²) in [6.07, 6.45) is 2.95. The molecule has 0 fully saturated rings. The zero-order valence-corrected chi connectivity index (χ0v) is 16.2. The molecule has 0 radical (unpaired) electrons. The lowest BCUT2D eigenvalue weighted by Crippen LogP contribution is -2.35. The predicted molar refractivity (Wildman–Crippen MR) is 114 cm³/mol. The van der Waals surface area contributed by atoms with E-state index in [1.54, 1.807) is 41.3 Å². The summed E-state index contributed by atoms with van der Waals surface area (Å²) in [6, 6.07) is 23.3. The Bertz CT molecular complexity index is 1100. The van der Waals surface area contributed by atoms with Crippen LogP contribution in [0.15, 0.2) is 100 Å². The number of hydrogen-bond acceptors (Lipinski definition) is 5. The van der Waals surface area contributed by atoms with Crippen molar-refractivity contribution >= 4 is 23.1 Å². The smallest absolute Gasteiger partial charge is 0.294 e. The van der Waals surface area contributed by atoms with Crippen molar-refractivity contribution in [3.8, 4) is 0 Å². The van der Waals surface area contributed by atoms with Gasteiger partial charge in [0.15, 0.2) is 11.5 Å². The number of furan rings is 2. The van der Waals surface area contributed by atoms with Crippen LogP contribution in [0.25, 0.3) is 0 Å². The second-order valence-corrected chi connectivity index (χ2v) is 6.55. The van der Waals surface area contributed by atoms with Gasteiger partial charge in [-0.3, -0.25) is 9.59 Å². The summed E-state index contributed by atoms with van der Waals surface area (Å²) in [5.74, 6) is 0.123. The lowest BCUT2D eigenvalue weighted by Gasteiger charge is -2.22. The molecule has 0 aliphatic heterocycles. The van der Waals surface area contributed by atoms with Crippen molar-refractivity contribution in [3.63, 3.8) is 0 Å². The fraction of sp³-hybridized carbons (Fsp3) is 0.0833. The van der Waals surface area contributed by atoms with Crippen LogP contribution in [0.1, 0.15) is 26.7 Å². The summed E-state index contributed by atoms with van der Waals surface area (Å²) in [7, 11) is 0. The Morgan fingerprint density at radius 1 is 0.767 bits per heavy atom. The highest BCUT2D eigenvalue weighted by Crippen LogP contribution is 2.21. The molecule has 6 nitrogen and oxygen atoms in total. The molecule has 1 N–H and O–H groups in total. The van der Waals surface area contributed by atoms with Crippen LogP contribution in [-0.2, 0) is 0 Å². The van der Waals surface area contributed by atoms with Gasteiger partial charge in [-0.2, -0.15) is 0 Å². The molecule has 0 unspecified atom stereocenters.